The zero-order valence-electron chi connectivity index (χ0n) is 13.6. The predicted octanol–water partition coefficient (Wildman–Crippen LogP) is 3.19. The molecule has 0 aliphatic carbocycles. The molecule has 7 nitrogen and oxygen atoms in total. The summed E-state index contributed by atoms with van der Waals surface area (Å²) in [5.41, 5.74) is 7.31. The van der Waals surface area contributed by atoms with Crippen molar-refractivity contribution in [1.29, 1.82) is 0 Å². The van der Waals surface area contributed by atoms with Crippen LogP contribution in [0.4, 0.5) is 23.0 Å². The van der Waals surface area contributed by atoms with E-state index in [2.05, 4.69) is 15.3 Å². The van der Waals surface area contributed by atoms with Crippen molar-refractivity contribution in [1.82, 2.24) is 9.97 Å². The summed E-state index contributed by atoms with van der Waals surface area (Å²) in [6.45, 7) is 0. The average Bonchev–Trinajstić information content (AvgIpc) is 2.63. The van der Waals surface area contributed by atoms with Gasteiger partial charge in [-0.25, -0.2) is 9.97 Å². The standard InChI is InChI=1S/C18H17N5O2/c1-23(16-17(19)20-11-21-18(16)22-12-24)13-7-9-15(10-8-13)25-14-5-3-2-4-6-14/h2-12H,1H3,(H3,19,20,21,22,24). The number of nitrogens with two attached hydrogens (primary N) is 1. The SMILES string of the molecule is CN(c1ccc(Oc2ccccc2)cc1)c1c(N)ncnc1NC=O. The molecule has 0 unspecified atom stereocenters. The molecule has 0 saturated heterocycles. The summed E-state index contributed by atoms with van der Waals surface area (Å²) in [5.74, 6) is 2.09. The highest BCUT2D eigenvalue weighted by Gasteiger charge is 2.15. The predicted molar refractivity (Wildman–Crippen MR) is 97.2 cm³/mol. The van der Waals surface area contributed by atoms with Gasteiger partial charge in [-0.1, -0.05) is 18.2 Å². The van der Waals surface area contributed by atoms with Crippen LogP contribution in [0.2, 0.25) is 0 Å². The zero-order valence-corrected chi connectivity index (χ0v) is 13.6. The molecular weight excluding hydrogens is 318 g/mol. The Labute approximate surface area is 145 Å². The summed E-state index contributed by atoms with van der Waals surface area (Å²) in [6, 6.07) is 17.0. The van der Waals surface area contributed by atoms with Crippen LogP contribution in [0.3, 0.4) is 0 Å². The molecular formula is C18H17N5O2. The van der Waals surface area contributed by atoms with Crippen molar-refractivity contribution in [3.8, 4) is 11.5 Å². The van der Waals surface area contributed by atoms with Gasteiger partial charge in [0.15, 0.2) is 11.6 Å². The van der Waals surface area contributed by atoms with E-state index in [1.54, 1.807) is 4.90 Å². The second kappa shape index (κ2) is 7.31. The van der Waals surface area contributed by atoms with Gasteiger partial charge in [0.25, 0.3) is 0 Å². The molecule has 2 aromatic carbocycles. The first-order valence-electron chi connectivity index (χ1n) is 7.56. The molecule has 0 spiro atoms. The Kier molecular flexibility index (Phi) is 4.75. The van der Waals surface area contributed by atoms with Crippen LogP contribution >= 0.6 is 0 Å². The monoisotopic (exact) mass is 335 g/mol. The van der Waals surface area contributed by atoms with Crippen LogP contribution in [0.25, 0.3) is 0 Å². The fourth-order valence-electron chi connectivity index (χ4n) is 2.38. The summed E-state index contributed by atoms with van der Waals surface area (Å²) in [7, 11) is 1.82. The normalized spacial score (nSPS) is 10.1. The van der Waals surface area contributed by atoms with Crippen LogP contribution < -0.4 is 20.7 Å². The van der Waals surface area contributed by atoms with E-state index in [0.29, 0.717) is 23.7 Å². The summed E-state index contributed by atoms with van der Waals surface area (Å²) in [4.78, 5) is 20.6. The molecule has 0 bridgehead atoms. The van der Waals surface area contributed by atoms with Gasteiger partial charge in [-0.2, -0.15) is 0 Å². The van der Waals surface area contributed by atoms with Gasteiger partial charge in [0.05, 0.1) is 0 Å². The molecule has 1 heterocycles. The molecule has 126 valence electrons. The summed E-state index contributed by atoms with van der Waals surface area (Å²) in [6.07, 6.45) is 1.85. The van der Waals surface area contributed by atoms with Crippen LogP contribution in [-0.2, 0) is 4.79 Å². The second-order valence-corrected chi connectivity index (χ2v) is 5.19. The molecule has 25 heavy (non-hydrogen) atoms. The van der Waals surface area contributed by atoms with Crippen molar-refractivity contribution >= 4 is 29.4 Å². The Morgan fingerprint density at radius 3 is 2.40 bits per heavy atom. The molecule has 0 aliphatic heterocycles. The Morgan fingerprint density at radius 2 is 1.72 bits per heavy atom. The van der Waals surface area contributed by atoms with Gasteiger partial charge in [0, 0.05) is 12.7 Å². The molecule has 3 rings (SSSR count). The van der Waals surface area contributed by atoms with Gasteiger partial charge in [0.1, 0.15) is 23.5 Å². The number of nitrogen functional groups attached to an aromatic ring is 1. The lowest BCUT2D eigenvalue weighted by Gasteiger charge is -2.22. The minimum Gasteiger partial charge on any atom is -0.457 e. The maximum absolute atomic E-state index is 10.8. The number of rotatable bonds is 6. The van der Waals surface area contributed by atoms with Crippen molar-refractivity contribution in [2.24, 2.45) is 0 Å². The fourth-order valence-corrected chi connectivity index (χ4v) is 2.38. The van der Waals surface area contributed by atoms with Crippen LogP contribution in [-0.4, -0.2) is 23.4 Å². The van der Waals surface area contributed by atoms with E-state index in [4.69, 9.17) is 10.5 Å². The number of aromatic nitrogens is 2. The third-order valence-electron chi connectivity index (χ3n) is 3.58. The zero-order chi connectivity index (χ0) is 17.6. The quantitative estimate of drug-likeness (QED) is 0.672. The average molecular weight is 335 g/mol. The number of benzene rings is 2. The molecule has 0 saturated carbocycles. The Hall–Kier alpha value is -3.61. The lowest BCUT2D eigenvalue weighted by Crippen LogP contribution is -2.16. The highest BCUT2D eigenvalue weighted by Crippen LogP contribution is 2.34. The van der Waals surface area contributed by atoms with Gasteiger partial charge in [-0.3, -0.25) is 4.79 Å². The molecule has 7 heteroatoms. The number of hydrogen-bond acceptors (Lipinski definition) is 6. The first-order chi connectivity index (χ1) is 12.2. The first kappa shape index (κ1) is 16.3. The first-order valence-corrected chi connectivity index (χ1v) is 7.56. The van der Waals surface area contributed by atoms with Crippen LogP contribution in [0.1, 0.15) is 0 Å². The molecule has 0 aliphatic rings. The number of para-hydroxylation sites is 1. The largest absolute Gasteiger partial charge is 0.457 e. The minimum atomic E-state index is 0.270. The number of amides is 1. The number of nitrogens with one attached hydrogen (secondary N) is 1. The van der Waals surface area contributed by atoms with E-state index in [-0.39, 0.29) is 5.82 Å². The second-order valence-electron chi connectivity index (χ2n) is 5.19. The molecule has 0 fully saturated rings. The van der Waals surface area contributed by atoms with E-state index in [1.165, 1.54) is 6.33 Å². The summed E-state index contributed by atoms with van der Waals surface area (Å²) < 4.78 is 5.78. The van der Waals surface area contributed by atoms with Gasteiger partial charge < -0.3 is 20.7 Å². The lowest BCUT2D eigenvalue weighted by atomic mass is 10.2. The maximum atomic E-state index is 10.8. The Morgan fingerprint density at radius 1 is 1.04 bits per heavy atom. The van der Waals surface area contributed by atoms with Crippen molar-refractivity contribution in [3.63, 3.8) is 0 Å². The van der Waals surface area contributed by atoms with Gasteiger partial charge >= 0.3 is 0 Å². The molecule has 1 aromatic heterocycles. The summed E-state index contributed by atoms with van der Waals surface area (Å²) >= 11 is 0. The van der Waals surface area contributed by atoms with Crippen LogP contribution in [0, 0.1) is 0 Å². The fraction of sp³-hybridized carbons (Fsp3) is 0.0556. The van der Waals surface area contributed by atoms with Crippen molar-refractivity contribution in [2.75, 3.05) is 23.0 Å². The number of carbonyl (C=O) groups is 1. The van der Waals surface area contributed by atoms with E-state index in [9.17, 15) is 4.79 Å². The van der Waals surface area contributed by atoms with Crippen LogP contribution in [0.5, 0.6) is 11.5 Å². The highest BCUT2D eigenvalue weighted by atomic mass is 16.5. The van der Waals surface area contributed by atoms with Gasteiger partial charge in [0.2, 0.25) is 6.41 Å². The molecule has 1 amide bonds. The maximum Gasteiger partial charge on any atom is 0.212 e. The van der Waals surface area contributed by atoms with Crippen molar-refractivity contribution in [3.05, 3.63) is 60.9 Å². The molecule has 0 atom stereocenters. The van der Waals surface area contributed by atoms with E-state index in [1.807, 2.05) is 61.6 Å². The highest BCUT2D eigenvalue weighted by molar-refractivity contribution is 5.86. The topological polar surface area (TPSA) is 93.4 Å². The number of anilines is 4. The molecule has 3 N–H and O–H groups in total. The van der Waals surface area contributed by atoms with Crippen molar-refractivity contribution in [2.45, 2.75) is 0 Å². The smallest absolute Gasteiger partial charge is 0.212 e. The van der Waals surface area contributed by atoms with Gasteiger partial charge in [-0.05, 0) is 36.4 Å². The lowest BCUT2D eigenvalue weighted by molar-refractivity contribution is -0.105. The number of nitrogens with zero attached hydrogens (tertiary/aromatic N) is 3. The molecule has 0 radical (unpaired) electrons. The van der Waals surface area contributed by atoms with Crippen LogP contribution in [0.15, 0.2) is 60.9 Å². The number of hydrogen-bond donors (Lipinski definition) is 2. The van der Waals surface area contributed by atoms with E-state index < -0.39 is 0 Å². The Balaban J connectivity index is 1.84. The molecule has 3 aromatic rings. The van der Waals surface area contributed by atoms with Gasteiger partial charge in [-0.15, -0.1) is 0 Å². The van der Waals surface area contributed by atoms with E-state index >= 15 is 0 Å². The minimum absolute atomic E-state index is 0.270. The van der Waals surface area contributed by atoms with E-state index in [0.717, 1.165) is 11.4 Å². The van der Waals surface area contributed by atoms with Crippen molar-refractivity contribution < 1.29 is 9.53 Å². The summed E-state index contributed by atoms with van der Waals surface area (Å²) in [5, 5.41) is 2.53. The number of ether oxygens (including phenoxy) is 1. The number of carbonyl (C=O) groups excluding carboxylic acids is 1. The Bertz CT molecular complexity index is 853. The third kappa shape index (κ3) is 3.66. The third-order valence-corrected chi connectivity index (χ3v) is 3.58.